The van der Waals surface area contributed by atoms with Gasteiger partial charge in [0, 0.05) is 12.2 Å². The first-order chi connectivity index (χ1) is 6.24. The molecule has 74 valence electrons. The van der Waals surface area contributed by atoms with Crippen LogP contribution in [-0.2, 0) is 4.79 Å². The summed E-state index contributed by atoms with van der Waals surface area (Å²) >= 11 is 0. The van der Waals surface area contributed by atoms with Crippen molar-refractivity contribution in [2.75, 3.05) is 13.1 Å². The molecule has 1 aliphatic heterocycles. The smallest absolute Gasteiger partial charge is 0.228 e. The highest BCUT2D eigenvalue weighted by Crippen LogP contribution is 2.10. The van der Waals surface area contributed by atoms with E-state index in [1.165, 1.54) is 0 Å². The summed E-state index contributed by atoms with van der Waals surface area (Å²) in [6.45, 7) is 5.71. The molecule has 2 N–H and O–H groups in total. The molecule has 0 unspecified atom stereocenters. The van der Waals surface area contributed by atoms with Crippen LogP contribution in [0.1, 0.15) is 26.7 Å². The molecule has 0 saturated carbocycles. The lowest BCUT2D eigenvalue weighted by molar-refractivity contribution is -0.124. The summed E-state index contributed by atoms with van der Waals surface area (Å²) in [6.07, 6.45) is 4.02. The molecule has 0 bridgehead atoms. The van der Waals surface area contributed by atoms with Crippen molar-refractivity contribution in [2.24, 2.45) is 5.92 Å². The van der Waals surface area contributed by atoms with Crippen LogP contribution >= 0.6 is 0 Å². The number of rotatable bonds is 2. The lowest BCUT2D eigenvalue weighted by Gasteiger charge is -2.21. The molecule has 1 saturated heterocycles. The average molecular weight is 182 g/mol. The molecule has 1 aliphatic rings. The van der Waals surface area contributed by atoms with Gasteiger partial charge in [-0.3, -0.25) is 4.79 Å². The Morgan fingerprint density at radius 3 is 2.92 bits per heavy atom. The zero-order valence-electron chi connectivity index (χ0n) is 8.39. The topological polar surface area (TPSA) is 41.1 Å². The molecule has 0 aromatic heterocycles. The molecule has 1 rings (SSSR count). The number of amides is 1. The van der Waals surface area contributed by atoms with Gasteiger partial charge in [0.2, 0.25) is 5.91 Å². The van der Waals surface area contributed by atoms with E-state index in [2.05, 4.69) is 10.6 Å². The first kappa shape index (κ1) is 10.3. The second-order valence-corrected chi connectivity index (χ2v) is 3.50. The van der Waals surface area contributed by atoms with Gasteiger partial charge in [0.15, 0.2) is 0 Å². The highest BCUT2D eigenvalue weighted by Gasteiger charge is 2.20. The number of hydrogen-bond acceptors (Lipinski definition) is 2. The summed E-state index contributed by atoms with van der Waals surface area (Å²) in [6, 6.07) is 0. The van der Waals surface area contributed by atoms with E-state index in [0.717, 1.165) is 31.6 Å². The van der Waals surface area contributed by atoms with E-state index in [1.54, 1.807) is 0 Å². The average Bonchev–Trinajstić information content (AvgIpc) is 2.19. The molecule has 0 aliphatic carbocycles. The van der Waals surface area contributed by atoms with Crippen LogP contribution in [0.4, 0.5) is 0 Å². The Morgan fingerprint density at radius 2 is 2.38 bits per heavy atom. The molecule has 1 heterocycles. The summed E-state index contributed by atoms with van der Waals surface area (Å²) in [4.78, 5) is 11.6. The van der Waals surface area contributed by atoms with Gasteiger partial charge in [0.1, 0.15) is 0 Å². The Balaban J connectivity index is 2.37. The number of allylic oxidation sites excluding steroid dienone is 2. The Bertz CT molecular complexity index is 205. The van der Waals surface area contributed by atoms with E-state index in [-0.39, 0.29) is 11.8 Å². The van der Waals surface area contributed by atoms with Gasteiger partial charge in [0.25, 0.3) is 0 Å². The number of carbonyl (C=O) groups excluding carboxylic acids is 1. The van der Waals surface area contributed by atoms with E-state index >= 15 is 0 Å². The van der Waals surface area contributed by atoms with Gasteiger partial charge in [-0.25, -0.2) is 0 Å². The fraction of sp³-hybridized carbons (Fsp3) is 0.700. The van der Waals surface area contributed by atoms with Crippen LogP contribution in [0.25, 0.3) is 0 Å². The predicted octanol–water partition coefficient (Wildman–Crippen LogP) is 1.03. The zero-order valence-corrected chi connectivity index (χ0v) is 8.39. The minimum absolute atomic E-state index is 0.155. The normalized spacial score (nSPS) is 24.2. The number of nitrogens with one attached hydrogen (secondary N) is 2. The van der Waals surface area contributed by atoms with Crippen LogP contribution in [0.15, 0.2) is 11.8 Å². The van der Waals surface area contributed by atoms with Crippen molar-refractivity contribution in [1.29, 1.82) is 0 Å². The number of hydrogen-bond donors (Lipinski definition) is 2. The second kappa shape index (κ2) is 5.02. The van der Waals surface area contributed by atoms with Crippen LogP contribution < -0.4 is 10.6 Å². The van der Waals surface area contributed by atoms with Crippen molar-refractivity contribution in [3.63, 3.8) is 0 Å². The largest absolute Gasteiger partial charge is 0.330 e. The molecule has 13 heavy (non-hydrogen) atoms. The highest BCUT2D eigenvalue weighted by atomic mass is 16.1. The first-order valence-corrected chi connectivity index (χ1v) is 4.88. The molecular formula is C10H18N2O. The maximum atomic E-state index is 11.6. The van der Waals surface area contributed by atoms with Crippen molar-refractivity contribution in [3.8, 4) is 0 Å². The maximum Gasteiger partial charge on any atom is 0.228 e. The lowest BCUT2D eigenvalue weighted by Crippen LogP contribution is -2.39. The summed E-state index contributed by atoms with van der Waals surface area (Å²) in [5, 5.41) is 6.11. The highest BCUT2D eigenvalue weighted by molar-refractivity contribution is 5.80. The predicted molar refractivity (Wildman–Crippen MR) is 53.2 cm³/mol. The van der Waals surface area contributed by atoms with E-state index in [0.29, 0.717) is 0 Å². The number of carbonyl (C=O) groups is 1. The minimum Gasteiger partial charge on any atom is -0.330 e. The summed E-state index contributed by atoms with van der Waals surface area (Å²) in [5.41, 5.74) is 0.940. The van der Waals surface area contributed by atoms with Crippen molar-refractivity contribution < 1.29 is 4.79 Å². The molecule has 0 aromatic rings. The van der Waals surface area contributed by atoms with Crippen molar-refractivity contribution in [3.05, 3.63) is 11.8 Å². The molecule has 3 heteroatoms. The summed E-state index contributed by atoms with van der Waals surface area (Å²) in [5.74, 6) is 0.312. The second-order valence-electron chi connectivity index (χ2n) is 3.50. The lowest BCUT2D eigenvalue weighted by atomic mass is 9.99. The molecular weight excluding hydrogens is 164 g/mol. The monoisotopic (exact) mass is 182 g/mol. The Morgan fingerprint density at radius 1 is 1.62 bits per heavy atom. The Hall–Kier alpha value is -0.830. The molecule has 1 amide bonds. The van der Waals surface area contributed by atoms with Gasteiger partial charge < -0.3 is 10.6 Å². The number of piperidine rings is 1. The molecule has 0 spiro atoms. The third-order valence-corrected chi connectivity index (χ3v) is 2.42. The van der Waals surface area contributed by atoms with E-state index < -0.39 is 0 Å². The fourth-order valence-electron chi connectivity index (χ4n) is 1.44. The Kier molecular flexibility index (Phi) is 3.96. The molecule has 0 radical (unpaired) electrons. The van der Waals surface area contributed by atoms with Crippen molar-refractivity contribution in [1.82, 2.24) is 10.6 Å². The molecule has 3 nitrogen and oxygen atoms in total. The quantitative estimate of drug-likeness (QED) is 0.669. The third kappa shape index (κ3) is 3.19. The zero-order chi connectivity index (χ0) is 9.68. The van der Waals surface area contributed by atoms with Gasteiger partial charge in [-0.1, -0.05) is 6.08 Å². The van der Waals surface area contributed by atoms with E-state index in [4.69, 9.17) is 0 Å². The van der Waals surface area contributed by atoms with Crippen molar-refractivity contribution >= 4 is 5.91 Å². The van der Waals surface area contributed by atoms with Gasteiger partial charge in [-0.15, -0.1) is 0 Å². The first-order valence-electron chi connectivity index (χ1n) is 4.88. The molecule has 0 aromatic carbocycles. The SMILES string of the molecule is C/C=C(\C)NC(=O)[C@H]1CCCNC1. The van der Waals surface area contributed by atoms with E-state index in [9.17, 15) is 4.79 Å². The summed E-state index contributed by atoms with van der Waals surface area (Å²) in [7, 11) is 0. The van der Waals surface area contributed by atoms with Crippen LogP contribution in [0, 0.1) is 5.92 Å². The maximum absolute atomic E-state index is 11.6. The molecule has 1 fully saturated rings. The van der Waals surface area contributed by atoms with Gasteiger partial charge in [0.05, 0.1) is 5.92 Å². The summed E-state index contributed by atoms with van der Waals surface area (Å²) < 4.78 is 0. The van der Waals surface area contributed by atoms with Crippen molar-refractivity contribution in [2.45, 2.75) is 26.7 Å². The van der Waals surface area contributed by atoms with Crippen LogP contribution in [-0.4, -0.2) is 19.0 Å². The molecule has 1 atom stereocenters. The van der Waals surface area contributed by atoms with Crippen LogP contribution in [0.3, 0.4) is 0 Å². The minimum atomic E-state index is 0.155. The third-order valence-electron chi connectivity index (χ3n) is 2.42. The fourth-order valence-corrected chi connectivity index (χ4v) is 1.44. The van der Waals surface area contributed by atoms with E-state index in [1.807, 2.05) is 19.9 Å². The Labute approximate surface area is 79.6 Å². The van der Waals surface area contributed by atoms with Gasteiger partial charge in [-0.05, 0) is 33.2 Å². The standard InChI is InChI=1S/C10H18N2O/c1-3-8(2)12-10(13)9-5-4-6-11-7-9/h3,9,11H,4-7H2,1-2H3,(H,12,13)/b8-3+/t9-/m0/s1. The van der Waals surface area contributed by atoms with Gasteiger partial charge >= 0.3 is 0 Å². The van der Waals surface area contributed by atoms with Gasteiger partial charge in [-0.2, -0.15) is 0 Å². The van der Waals surface area contributed by atoms with Crippen LogP contribution in [0.2, 0.25) is 0 Å². The van der Waals surface area contributed by atoms with Crippen LogP contribution in [0.5, 0.6) is 0 Å².